The number of thioether (sulfide) groups is 1. The summed E-state index contributed by atoms with van der Waals surface area (Å²) in [6.07, 6.45) is 4.42. The molecule has 166 valence electrons. The number of hydrogen-bond donors (Lipinski definition) is 1. The topological polar surface area (TPSA) is 72.3 Å². The molecule has 5 rings (SSSR count). The number of benzene rings is 1. The van der Waals surface area contributed by atoms with Crippen molar-refractivity contribution >= 4 is 57.7 Å². The summed E-state index contributed by atoms with van der Waals surface area (Å²) in [6, 6.07) is 15.0. The predicted octanol–water partition coefficient (Wildman–Crippen LogP) is 6.44. The fourth-order valence-corrected chi connectivity index (χ4v) is 4.93. The molecule has 5 aromatic rings. The van der Waals surface area contributed by atoms with Gasteiger partial charge in [-0.2, -0.15) is 0 Å². The van der Waals surface area contributed by atoms with E-state index in [2.05, 4.69) is 24.5 Å². The van der Waals surface area contributed by atoms with Crippen LogP contribution in [0.25, 0.3) is 11.2 Å². The van der Waals surface area contributed by atoms with E-state index in [0.717, 1.165) is 33.4 Å². The third kappa shape index (κ3) is 5.33. The highest BCUT2D eigenvalue weighted by Gasteiger charge is 2.14. The fraction of sp³-hybridized carbons (Fsp3) is 0.130. The lowest BCUT2D eigenvalue weighted by Gasteiger charge is -2.05. The lowest BCUT2D eigenvalue weighted by molar-refractivity contribution is 0.683. The minimum absolute atomic E-state index is 0.414. The quantitative estimate of drug-likeness (QED) is 0.199. The molecule has 4 heterocycles. The predicted molar refractivity (Wildman–Crippen MR) is 133 cm³/mol. The highest BCUT2D eigenvalue weighted by atomic mass is 35.5. The Balaban J connectivity index is 1.43. The number of nitrogens with one attached hydrogen (secondary N) is 1. The SMILES string of the molecule is Clc1ccc(Cc2cn(Cc3nc4nc(Cl)ccc4[nH]3)c(SCc3ccccn3)n2)c(Cl)c1. The number of aromatic nitrogens is 6. The molecule has 1 N–H and O–H groups in total. The Kier molecular flexibility index (Phi) is 6.55. The summed E-state index contributed by atoms with van der Waals surface area (Å²) in [7, 11) is 0. The van der Waals surface area contributed by atoms with Crippen LogP contribution in [0.15, 0.2) is 66.1 Å². The van der Waals surface area contributed by atoms with E-state index in [4.69, 9.17) is 39.8 Å². The van der Waals surface area contributed by atoms with E-state index in [9.17, 15) is 0 Å². The van der Waals surface area contributed by atoms with Gasteiger partial charge in [-0.3, -0.25) is 4.98 Å². The number of fused-ring (bicyclic) bond motifs is 1. The van der Waals surface area contributed by atoms with Gasteiger partial charge in [0.2, 0.25) is 0 Å². The summed E-state index contributed by atoms with van der Waals surface area (Å²) < 4.78 is 2.08. The van der Waals surface area contributed by atoms with Crippen LogP contribution in [0.5, 0.6) is 0 Å². The first kappa shape index (κ1) is 22.2. The summed E-state index contributed by atoms with van der Waals surface area (Å²) in [5.74, 6) is 1.48. The maximum atomic E-state index is 6.39. The van der Waals surface area contributed by atoms with Gasteiger partial charge in [0, 0.05) is 34.6 Å². The third-order valence-electron chi connectivity index (χ3n) is 4.93. The van der Waals surface area contributed by atoms with Crippen LogP contribution in [0.3, 0.4) is 0 Å². The molecule has 4 aromatic heterocycles. The maximum absolute atomic E-state index is 6.39. The number of H-pyrrole nitrogens is 1. The lowest BCUT2D eigenvalue weighted by atomic mass is 10.1. The molecule has 0 atom stereocenters. The van der Waals surface area contributed by atoms with Gasteiger partial charge in [-0.15, -0.1) is 0 Å². The molecular weight excluding hydrogens is 499 g/mol. The van der Waals surface area contributed by atoms with Crippen LogP contribution < -0.4 is 0 Å². The minimum atomic E-state index is 0.414. The van der Waals surface area contributed by atoms with Crippen molar-refractivity contribution in [2.75, 3.05) is 0 Å². The Morgan fingerprint density at radius 3 is 2.67 bits per heavy atom. The number of pyridine rings is 2. The van der Waals surface area contributed by atoms with Crippen molar-refractivity contribution in [1.29, 1.82) is 0 Å². The number of aromatic amines is 1. The second kappa shape index (κ2) is 9.73. The minimum Gasteiger partial charge on any atom is -0.339 e. The molecule has 0 saturated carbocycles. The molecular formula is C23H17Cl3N6S. The second-order valence-electron chi connectivity index (χ2n) is 7.35. The molecule has 0 amide bonds. The van der Waals surface area contributed by atoms with Gasteiger partial charge < -0.3 is 9.55 Å². The van der Waals surface area contributed by atoms with E-state index in [0.29, 0.717) is 39.6 Å². The molecule has 10 heteroatoms. The normalized spacial score (nSPS) is 11.4. The zero-order valence-electron chi connectivity index (χ0n) is 17.2. The average molecular weight is 516 g/mol. The van der Waals surface area contributed by atoms with Gasteiger partial charge in [-0.25, -0.2) is 15.0 Å². The summed E-state index contributed by atoms with van der Waals surface area (Å²) >= 11 is 20.1. The third-order valence-corrected chi connectivity index (χ3v) is 6.75. The van der Waals surface area contributed by atoms with E-state index in [1.165, 1.54) is 0 Å². The first-order valence-electron chi connectivity index (χ1n) is 10.1. The van der Waals surface area contributed by atoms with Crippen LogP contribution in [-0.2, 0) is 18.7 Å². The Morgan fingerprint density at radius 2 is 1.85 bits per heavy atom. The zero-order chi connectivity index (χ0) is 22.8. The van der Waals surface area contributed by atoms with Gasteiger partial charge in [-0.05, 0) is 42.0 Å². The van der Waals surface area contributed by atoms with Gasteiger partial charge in [0.25, 0.3) is 0 Å². The lowest BCUT2D eigenvalue weighted by Crippen LogP contribution is -2.02. The van der Waals surface area contributed by atoms with Crippen molar-refractivity contribution < 1.29 is 0 Å². The number of nitrogens with zero attached hydrogens (tertiary/aromatic N) is 5. The first-order valence-corrected chi connectivity index (χ1v) is 12.2. The standard InChI is InChI=1S/C23H17Cl3N6S/c24-15-5-4-14(18(25)10-15)9-17-11-32(23(28-17)33-13-16-3-1-2-8-27-16)12-21-29-19-6-7-20(26)30-22(19)31-21/h1-8,10-11H,9,12-13H2,(H,29,30,31). The highest BCUT2D eigenvalue weighted by Crippen LogP contribution is 2.27. The molecule has 0 spiro atoms. The maximum Gasteiger partial charge on any atom is 0.179 e. The largest absolute Gasteiger partial charge is 0.339 e. The molecule has 33 heavy (non-hydrogen) atoms. The van der Waals surface area contributed by atoms with Crippen molar-refractivity contribution in [3.63, 3.8) is 0 Å². The summed E-state index contributed by atoms with van der Waals surface area (Å²) in [6.45, 7) is 0.514. The van der Waals surface area contributed by atoms with E-state index in [1.54, 1.807) is 30.1 Å². The molecule has 0 unspecified atom stereocenters. The molecule has 1 aromatic carbocycles. The van der Waals surface area contributed by atoms with E-state index in [-0.39, 0.29) is 0 Å². The molecule has 0 bridgehead atoms. The molecule has 0 saturated heterocycles. The monoisotopic (exact) mass is 514 g/mol. The number of rotatable bonds is 7. The van der Waals surface area contributed by atoms with Gasteiger partial charge >= 0.3 is 0 Å². The Labute approximate surface area is 209 Å². The van der Waals surface area contributed by atoms with Crippen molar-refractivity contribution in [1.82, 2.24) is 29.5 Å². The van der Waals surface area contributed by atoms with Crippen molar-refractivity contribution in [2.24, 2.45) is 0 Å². The van der Waals surface area contributed by atoms with Crippen molar-refractivity contribution in [3.8, 4) is 0 Å². The Bertz CT molecular complexity index is 1420. The van der Waals surface area contributed by atoms with Crippen LogP contribution in [0, 0.1) is 0 Å². The molecule has 0 radical (unpaired) electrons. The van der Waals surface area contributed by atoms with Crippen LogP contribution in [0.1, 0.15) is 22.8 Å². The summed E-state index contributed by atoms with van der Waals surface area (Å²) in [4.78, 5) is 21.5. The molecule has 0 fully saturated rings. The van der Waals surface area contributed by atoms with Gasteiger partial charge in [-0.1, -0.05) is 58.7 Å². The van der Waals surface area contributed by atoms with Crippen LogP contribution >= 0.6 is 46.6 Å². The van der Waals surface area contributed by atoms with Gasteiger partial charge in [0.1, 0.15) is 11.0 Å². The number of hydrogen-bond acceptors (Lipinski definition) is 5. The number of imidazole rings is 2. The summed E-state index contributed by atoms with van der Waals surface area (Å²) in [5.41, 5.74) is 4.29. The Hall–Kier alpha value is -2.58. The second-order valence-corrected chi connectivity index (χ2v) is 9.53. The van der Waals surface area contributed by atoms with Crippen LogP contribution in [0.2, 0.25) is 15.2 Å². The highest BCUT2D eigenvalue weighted by molar-refractivity contribution is 7.98. The number of halogens is 3. The Morgan fingerprint density at radius 1 is 0.939 bits per heavy atom. The molecule has 6 nitrogen and oxygen atoms in total. The van der Waals surface area contributed by atoms with Gasteiger partial charge in [0.15, 0.2) is 10.8 Å². The van der Waals surface area contributed by atoms with Crippen LogP contribution in [0.4, 0.5) is 0 Å². The zero-order valence-corrected chi connectivity index (χ0v) is 20.3. The fourth-order valence-electron chi connectivity index (χ4n) is 3.40. The average Bonchev–Trinajstić information content (AvgIpc) is 3.37. The molecule has 0 aliphatic rings. The van der Waals surface area contributed by atoms with E-state index >= 15 is 0 Å². The molecule has 0 aliphatic heterocycles. The smallest absolute Gasteiger partial charge is 0.179 e. The summed E-state index contributed by atoms with van der Waals surface area (Å²) in [5, 5.41) is 2.52. The van der Waals surface area contributed by atoms with E-state index in [1.807, 2.05) is 42.6 Å². The van der Waals surface area contributed by atoms with Crippen LogP contribution in [-0.4, -0.2) is 29.5 Å². The van der Waals surface area contributed by atoms with Crippen molar-refractivity contribution in [2.45, 2.75) is 23.9 Å². The molecule has 0 aliphatic carbocycles. The first-order chi connectivity index (χ1) is 16.0. The van der Waals surface area contributed by atoms with Gasteiger partial charge in [0.05, 0.1) is 23.4 Å². The van der Waals surface area contributed by atoms with Crippen molar-refractivity contribution in [3.05, 3.63) is 98.9 Å². The van der Waals surface area contributed by atoms with E-state index < -0.39 is 0 Å².